The van der Waals surface area contributed by atoms with Crippen LogP contribution in [0.15, 0.2) is 24.3 Å². The number of carbonyl (C=O) groups excluding carboxylic acids is 2. The van der Waals surface area contributed by atoms with E-state index in [1.54, 1.807) is 18.2 Å². The molecule has 2 amide bonds. The van der Waals surface area contributed by atoms with Crippen molar-refractivity contribution < 1.29 is 24.6 Å². The predicted octanol–water partition coefficient (Wildman–Crippen LogP) is -0.323. The highest BCUT2D eigenvalue weighted by Crippen LogP contribution is 2.03. The van der Waals surface area contributed by atoms with Crippen LogP contribution in [0.4, 0.5) is 0 Å². The molecule has 0 saturated heterocycles. The zero-order chi connectivity index (χ0) is 15.8. The minimum atomic E-state index is -1.23. The number of hydrogen-bond acceptors (Lipinski definition) is 4. The molecule has 0 aliphatic rings. The SMILES string of the molecule is Cc1cccc(C(=O)NCC(=O)NC(CCO)C(=O)O)c1. The first-order valence-corrected chi connectivity index (χ1v) is 6.42. The van der Waals surface area contributed by atoms with Gasteiger partial charge in [-0.2, -0.15) is 0 Å². The van der Waals surface area contributed by atoms with Gasteiger partial charge in [0.05, 0.1) is 6.54 Å². The highest BCUT2D eigenvalue weighted by atomic mass is 16.4. The minimum absolute atomic E-state index is 0.0904. The summed E-state index contributed by atoms with van der Waals surface area (Å²) in [5, 5.41) is 22.2. The van der Waals surface area contributed by atoms with Crippen molar-refractivity contribution in [3.05, 3.63) is 35.4 Å². The Morgan fingerprint density at radius 2 is 2.00 bits per heavy atom. The first-order chi connectivity index (χ1) is 9.93. The van der Waals surface area contributed by atoms with Crippen LogP contribution in [-0.4, -0.2) is 47.2 Å². The second-order valence-electron chi connectivity index (χ2n) is 4.52. The van der Waals surface area contributed by atoms with Crippen molar-refractivity contribution in [1.82, 2.24) is 10.6 Å². The number of aliphatic hydroxyl groups is 1. The summed E-state index contributed by atoms with van der Waals surface area (Å²) in [6.07, 6.45) is -0.0904. The summed E-state index contributed by atoms with van der Waals surface area (Å²) in [5.74, 6) is -2.28. The third-order valence-electron chi connectivity index (χ3n) is 2.74. The molecule has 1 unspecified atom stereocenters. The third-order valence-corrected chi connectivity index (χ3v) is 2.74. The van der Waals surface area contributed by atoms with E-state index in [1.165, 1.54) is 0 Å². The van der Waals surface area contributed by atoms with Crippen LogP contribution in [0.1, 0.15) is 22.3 Å². The lowest BCUT2D eigenvalue weighted by Gasteiger charge is -2.13. The number of carboxylic acid groups (broad SMARTS) is 1. The molecule has 7 nitrogen and oxygen atoms in total. The molecular weight excluding hydrogens is 276 g/mol. The topological polar surface area (TPSA) is 116 Å². The van der Waals surface area contributed by atoms with E-state index in [0.717, 1.165) is 5.56 Å². The van der Waals surface area contributed by atoms with Gasteiger partial charge in [0.25, 0.3) is 5.91 Å². The Labute approximate surface area is 122 Å². The second kappa shape index (κ2) is 8.01. The molecule has 21 heavy (non-hydrogen) atoms. The quantitative estimate of drug-likeness (QED) is 0.550. The van der Waals surface area contributed by atoms with Gasteiger partial charge in [0.1, 0.15) is 6.04 Å². The number of carbonyl (C=O) groups is 3. The summed E-state index contributed by atoms with van der Waals surface area (Å²) in [6.45, 7) is 1.16. The molecule has 1 aromatic carbocycles. The van der Waals surface area contributed by atoms with Gasteiger partial charge in [0, 0.05) is 18.6 Å². The first kappa shape index (κ1) is 16.6. The van der Waals surface area contributed by atoms with Crippen LogP contribution >= 0.6 is 0 Å². The molecule has 0 saturated carbocycles. The van der Waals surface area contributed by atoms with Crippen LogP contribution in [0.3, 0.4) is 0 Å². The molecule has 0 aliphatic carbocycles. The van der Waals surface area contributed by atoms with Crippen LogP contribution in [0.25, 0.3) is 0 Å². The van der Waals surface area contributed by atoms with Crippen molar-refractivity contribution in [2.45, 2.75) is 19.4 Å². The van der Waals surface area contributed by atoms with Crippen molar-refractivity contribution in [2.75, 3.05) is 13.2 Å². The average molecular weight is 294 g/mol. The Bertz CT molecular complexity index is 530. The first-order valence-electron chi connectivity index (χ1n) is 6.42. The molecule has 4 N–H and O–H groups in total. The van der Waals surface area contributed by atoms with E-state index >= 15 is 0 Å². The molecule has 114 valence electrons. The maximum absolute atomic E-state index is 11.8. The maximum Gasteiger partial charge on any atom is 0.326 e. The average Bonchev–Trinajstić information content (AvgIpc) is 2.44. The van der Waals surface area contributed by atoms with Gasteiger partial charge >= 0.3 is 5.97 Å². The molecular formula is C14H18N2O5. The van der Waals surface area contributed by atoms with Gasteiger partial charge in [-0.05, 0) is 19.1 Å². The Balaban J connectivity index is 2.49. The highest BCUT2D eigenvalue weighted by Gasteiger charge is 2.19. The minimum Gasteiger partial charge on any atom is -0.480 e. The largest absolute Gasteiger partial charge is 0.480 e. The van der Waals surface area contributed by atoms with Crippen molar-refractivity contribution >= 4 is 17.8 Å². The van der Waals surface area contributed by atoms with E-state index in [2.05, 4.69) is 10.6 Å². The third kappa shape index (κ3) is 5.62. The number of hydrogen-bond donors (Lipinski definition) is 4. The van der Waals surface area contributed by atoms with Gasteiger partial charge in [-0.15, -0.1) is 0 Å². The van der Waals surface area contributed by atoms with E-state index in [-0.39, 0.29) is 19.6 Å². The molecule has 0 heterocycles. The molecule has 0 spiro atoms. The number of aryl methyl sites for hydroxylation is 1. The number of rotatable bonds is 7. The normalized spacial score (nSPS) is 11.5. The Hall–Kier alpha value is -2.41. The molecule has 0 fully saturated rings. The molecule has 0 aliphatic heterocycles. The number of aliphatic carboxylic acids is 1. The zero-order valence-electron chi connectivity index (χ0n) is 11.6. The van der Waals surface area contributed by atoms with Crippen LogP contribution in [0, 0.1) is 6.92 Å². The number of aliphatic hydroxyl groups excluding tert-OH is 1. The number of amides is 2. The molecule has 0 radical (unpaired) electrons. The van der Waals surface area contributed by atoms with Crippen molar-refractivity contribution in [2.24, 2.45) is 0 Å². The van der Waals surface area contributed by atoms with Gasteiger partial charge in [-0.25, -0.2) is 4.79 Å². The molecule has 1 aromatic rings. The Morgan fingerprint density at radius 3 is 2.57 bits per heavy atom. The lowest BCUT2D eigenvalue weighted by molar-refractivity contribution is -0.142. The number of benzene rings is 1. The summed E-state index contributed by atoms with van der Waals surface area (Å²) in [4.78, 5) is 34.2. The molecule has 1 rings (SSSR count). The van der Waals surface area contributed by atoms with Crippen LogP contribution in [-0.2, 0) is 9.59 Å². The van der Waals surface area contributed by atoms with Gasteiger partial charge in [0.15, 0.2) is 0 Å². The van der Waals surface area contributed by atoms with E-state index in [4.69, 9.17) is 10.2 Å². The molecule has 1 atom stereocenters. The Kier molecular flexibility index (Phi) is 6.35. The molecule has 0 bridgehead atoms. The van der Waals surface area contributed by atoms with Gasteiger partial charge in [-0.3, -0.25) is 9.59 Å². The molecule has 0 aromatic heterocycles. The van der Waals surface area contributed by atoms with E-state index in [1.807, 2.05) is 13.0 Å². The van der Waals surface area contributed by atoms with Crippen LogP contribution < -0.4 is 10.6 Å². The monoisotopic (exact) mass is 294 g/mol. The fraction of sp³-hybridized carbons (Fsp3) is 0.357. The summed E-state index contributed by atoms with van der Waals surface area (Å²) in [7, 11) is 0. The zero-order valence-corrected chi connectivity index (χ0v) is 11.6. The standard InChI is InChI=1S/C14H18N2O5/c1-9-3-2-4-10(7-9)13(19)15-8-12(18)16-11(5-6-17)14(20)21/h2-4,7,11,17H,5-6,8H2,1H3,(H,15,19)(H,16,18)(H,20,21). The lowest BCUT2D eigenvalue weighted by Crippen LogP contribution is -2.45. The van der Waals surface area contributed by atoms with Crippen molar-refractivity contribution in [1.29, 1.82) is 0 Å². The van der Waals surface area contributed by atoms with E-state index < -0.39 is 23.8 Å². The van der Waals surface area contributed by atoms with Crippen LogP contribution in [0.2, 0.25) is 0 Å². The fourth-order valence-electron chi connectivity index (χ4n) is 1.68. The van der Waals surface area contributed by atoms with E-state index in [0.29, 0.717) is 5.56 Å². The van der Waals surface area contributed by atoms with Gasteiger partial charge in [0.2, 0.25) is 5.91 Å². The summed E-state index contributed by atoms with van der Waals surface area (Å²) in [6, 6.07) is 5.70. The van der Waals surface area contributed by atoms with E-state index in [9.17, 15) is 14.4 Å². The van der Waals surface area contributed by atoms with Crippen LogP contribution in [0.5, 0.6) is 0 Å². The van der Waals surface area contributed by atoms with Crippen molar-refractivity contribution in [3.8, 4) is 0 Å². The summed E-state index contributed by atoms with van der Waals surface area (Å²) < 4.78 is 0. The fourth-order valence-corrected chi connectivity index (χ4v) is 1.68. The highest BCUT2D eigenvalue weighted by molar-refractivity contribution is 5.97. The maximum atomic E-state index is 11.8. The summed E-state index contributed by atoms with van der Waals surface area (Å²) in [5.41, 5.74) is 1.34. The number of nitrogens with one attached hydrogen (secondary N) is 2. The lowest BCUT2D eigenvalue weighted by atomic mass is 10.1. The second-order valence-corrected chi connectivity index (χ2v) is 4.52. The predicted molar refractivity (Wildman–Crippen MR) is 74.8 cm³/mol. The molecule has 7 heteroatoms. The Morgan fingerprint density at radius 1 is 1.29 bits per heavy atom. The van der Waals surface area contributed by atoms with Gasteiger partial charge < -0.3 is 20.8 Å². The smallest absolute Gasteiger partial charge is 0.326 e. The van der Waals surface area contributed by atoms with Gasteiger partial charge in [-0.1, -0.05) is 17.7 Å². The summed E-state index contributed by atoms with van der Waals surface area (Å²) >= 11 is 0. The number of carboxylic acids is 1. The van der Waals surface area contributed by atoms with Crippen molar-refractivity contribution in [3.63, 3.8) is 0 Å².